The molecule has 0 spiro atoms. The fourth-order valence-electron chi connectivity index (χ4n) is 3.47. The number of hydrogen-bond acceptors (Lipinski definition) is 5. The molecule has 1 aliphatic rings. The summed E-state index contributed by atoms with van der Waals surface area (Å²) < 4.78 is 0. The summed E-state index contributed by atoms with van der Waals surface area (Å²) in [5, 5.41) is 10.8. The van der Waals surface area contributed by atoms with Crippen LogP contribution in [-0.4, -0.2) is 47.2 Å². The number of anilines is 1. The van der Waals surface area contributed by atoms with Crippen molar-refractivity contribution in [2.45, 2.75) is 13.8 Å². The van der Waals surface area contributed by atoms with Crippen LogP contribution in [0.3, 0.4) is 0 Å². The van der Waals surface area contributed by atoms with E-state index in [4.69, 9.17) is 0 Å². The van der Waals surface area contributed by atoms with Crippen molar-refractivity contribution in [3.8, 4) is 10.6 Å². The van der Waals surface area contributed by atoms with Gasteiger partial charge >= 0.3 is 0 Å². The van der Waals surface area contributed by atoms with E-state index in [1.165, 1.54) is 0 Å². The number of aromatic nitrogens is 2. The van der Waals surface area contributed by atoms with Crippen molar-refractivity contribution in [1.29, 1.82) is 0 Å². The number of carbonyl (C=O) groups is 1. The number of benzene rings is 1. The van der Waals surface area contributed by atoms with Crippen LogP contribution in [0.2, 0.25) is 0 Å². The molecule has 0 unspecified atom stereocenters. The van der Waals surface area contributed by atoms with E-state index in [-0.39, 0.29) is 5.91 Å². The molecule has 1 amide bonds. The minimum Gasteiger partial charge on any atom is -0.352 e. The highest BCUT2D eigenvalue weighted by Crippen LogP contribution is 2.23. The lowest BCUT2D eigenvalue weighted by Gasteiger charge is -2.35. The van der Waals surface area contributed by atoms with Crippen LogP contribution in [-0.2, 0) is 0 Å². The van der Waals surface area contributed by atoms with Crippen molar-refractivity contribution >= 4 is 23.1 Å². The van der Waals surface area contributed by atoms with Gasteiger partial charge in [0.2, 0.25) is 0 Å². The minimum atomic E-state index is 0.112. The summed E-state index contributed by atoms with van der Waals surface area (Å²) in [7, 11) is 0. The van der Waals surface area contributed by atoms with Gasteiger partial charge in [0.25, 0.3) is 5.91 Å². The summed E-state index contributed by atoms with van der Waals surface area (Å²) in [6, 6.07) is 14.1. The topological polar surface area (TPSA) is 49.3 Å². The second kappa shape index (κ2) is 7.48. The Hall–Kier alpha value is -2.73. The predicted molar refractivity (Wildman–Crippen MR) is 109 cm³/mol. The Morgan fingerprint density at radius 1 is 0.963 bits per heavy atom. The summed E-state index contributed by atoms with van der Waals surface area (Å²) in [5.74, 6) is 0.981. The lowest BCUT2D eigenvalue weighted by Crippen LogP contribution is -2.49. The maximum atomic E-state index is 12.8. The number of rotatable bonds is 3. The van der Waals surface area contributed by atoms with Crippen LogP contribution in [0, 0.1) is 13.8 Å². The van der Waals surface area contributed by atoms with E-state index in [0.29, 0.717) is 13.1 Å². The SMILES string of the molecule is Cc1cc(C)cc(C(=O)N2CCN(c3ccc(-c4cccs4)nn3)CC2)c1. The number of aryl methyl sites for hydroxylation is 2. The van der Waals surface area contributed by atoms with Crippen molar-refractivity contribution in [2.24, 2.45) is 0 Å². The molecule has 1 aliphatic heterocycles. The number of thiophene rings is 1. The fourth-order valence-corrected chi connectivity index (χ4v) is 4.16. The zero-order chi connectivity index (χ0) is 18.8. The molecule has 1 saturated heterocycles. The smallest absolute Gasteiger partial charge is 0.253 e. The maximum absolute atomic E-state index is 12.8. The third-order valence-electron chi connectivity index (χ3n) is 4.78. The number of carbonyl (C=O) groups excluding carboxylic acids is 1. The van der Waals surface area contributed by atoms with E-state index in [0.717, 1.165) is 46.2 Å². The average Bonchev–Trinajstić information content (AvgIpc) is 3.22. The average molecular weight is 379 g/mol. The standard InChI is InChI=1S/C21H22N4OS/c1-15-12-16(2)14-17(13-15)21(26)25-9-7-24(8-10-25)20-6-5-18(22-23-20)19-4-3-11-27-19/h3-6,11-14H,7-10H2,1-2H3. The summed E-state index contributed by atoms with van der Waals surface area (Å²) in [4.78, 5) is 18.0. The van der Waals surface area contributed by atoms with Crippen LogP contribution < -0.4 is 4.90 Å². The van der Waals surface area contributed by atoms with Crippen LogP contribution in [0.15, 0.2) is 47.8 Å². The number of amides is 1. The van der Waals surface area contributed by atoms with Crippen LogP contribution >= 0.6 is 11.3 Å². The third-order valence-corrected chi connectivity index (χ3v) is 5.68. The molecule has 0 saturated carbocycles. The summed E-state index contributed by atoms with van der Waals surface area (Å²) in [6.07, 6.45) is 0. The largest absolute Gasteiger partial charge is 0.352 e. The summed E-state index contributed by atoms with van der Waals surface area (Å²) >= 11 is 1.66. The number of nitrogens with zero attached hydrogens (tertiary/aromatic N) is 4. The van der Waals surface area contributed by atoms with E-state index >= 15 is 0 Å². The zero-order valence-corrected chi connectivity index (χ0v) is 16.4. The lowest BCUT2D eigenvalue weighted by atomic mass is 10.1. The van der Waals surface area contributed by atoms with Gasteiger partial charge in [0.05, 0.1) is 4.88 Å². The van der Waals surface area contributed by atoms with Crippen molar-refractivity contribution in [3.05, 3.63) is 64.5 Å². The Labute approximate surface area is 163 Å². The molecular formula is C21H22N4OS. The molecule has 0 bridgehead atoms. The molecule has 0 atom stereocenters. The number of piperazine rings is 1. The molecule has 3 heterocycles. The Morgan fingerprint density at radius 2 is 1.70 bits per heavy atom. The van der Waals surface area contributed by atoms with E-state index in [1.54, 1.807) is 11.3 Å². The van der Waals surface area contributed by atoms with E-state index in [9.17, 15) is 4.79 Å². The van der Waals surface area contributed by atoms with Gasteiger partial charge in [0.1, 0.15) is 5.69 Å². The quantitative estimate of drug-likeness (QED) is 0.696. The van der Waals surface area contributed by atoms with Crippen molar-refractivity contribution in [2.75, 3.05) is 31.1 Å². The molecule has 2 aromatic heterocycles. The van der Waals surface area contributed by atoms with Crippen LogP contribution in [0.1, 0.15) is 21.5 Å². The van der Waals surface area contributed by atoms with Crippen LogP contribution in [0.4, 0.5) is 5.82 Å². The molecular weight excluding hydrogens is 356 g/mol. The molecule has 3 aromatic rings. The van der Waals surface area contributed by atoms with Crippen LogP contribution in [0.5, 0.6) is 0 Å². The van der Waals surface area contributed by atoms with Gasteiger partial charge in [-0.2, -0.15) is 0 Å². The summed E-state index contributed by atoms with van der Waals surface area (Å²) in [5.41, 5.74) is 3.93. The molecule has 27 heavy (non-hydrogen) atoms. The first kappa shape index (κ1) is 17.7. The first-order valence-electron chi connectivity index (χ1n) is 9.10. The van der Waals surface area contributed by atoms with Gasteiger partial charge in [-0.15, -0.1) is 21.5 Å². The van der Waals surface area contributed by atoms with Gasteiger partial charge in [-0.05, 0) is 49.6 Å². The Kier molecular flexibility index (Phi) is 4.90. The van der Waals surface area contributed by atoms with Crippen LogP contribution in [0.25, 0.3) is 10.6 Å². The normalized spacial score (nSPS) is 14.4. The first-order valence-corrected chi connectivity index (χ1v) is 9.98. The van der Waals surface area contributed by atoms with E-state index in [2.05, 4.69) is 21.2 Å². The van der Waals surface area contributed by atoms with E-state index in [1.807, 2.05) is 60.5 Å². The number of hydrogen-bond donors (Lipinski definition) is 0. The molecule has 1 aromatic carbocycles. The predicted octanol–water partition coefficient (Wildman–Crippen LogP) is 3.78. The molecule has 138 valence electrons. The zero-order valence-electron chi connectivity index (χ0n) is 15.6. The van der Waals surface area contributed by atoms with Gasteiger partial charge in [0.15, 0.2) is 5.82 Å². The third kappa shape index (κ3) is 3.85. The Balaban J connectivity index is 1.40. The van der Waals surface area contributed by atoms with Gasteiger partial charge < -0.3 is 9.80 Å². The maximum Gasteiger partial charge on any atom is 0.253 e. The first-order chi connectivity index (χ1) is 13.1. The van der Waals surface area contributed by atoms with Crippen molar-refractivity contribution < 1.29 is 4.79 Å². The Bertz CT molecular complexity index is 909. The molecule has 1 fully saturated rings. The Morgan fingerprint density at radius 3 is 2.30 bits per heavy atom. The highest BCUT2D eigenvalue weighted by atomic mass is 32.1. The minimum absolute atomic E-state index is 0.112. The molecule has 0 N–H and O–H groups in total. The lowest BCUT2D eigenvalue weighted by molar-refractivity contribution is 0.0746. The van der Waals surface area contributed by atoms with Gasteiger partial charge in [-0.25, -0.2) is 0 Å². The highest BCUT2D eigenvalue weighted by molar-refractivity contribution is 7.13. The van der Waals surface area contributed by atoms with Crippen molar-refractivity contribution in [1.82, 2.24) is 15.1 Å². The van der Waals surface area contributed by atoms with Gasteiger partial charge in [0, 0.05) is 31.7 Å². The fraction of sp³-hybridized carbons (Fsp3) is 0.286. The molecule has 5 nitrogen and oxygen atoms in total. The molecule has 6 heteroatoms. The second-order valence-electron chi connectivity index (χ2n) is 6.91. The van der Waals surface area contributed by atoms with Gasteiger partial charge in [-0.1, -0.05) is 23.3 Å². The molecule has 0 aliphatic carbocycles. The van der Waals surface area contributed by atoms with Gasteiger partial charge in [-0.3, -0.25) is 4.79 Å². The summed E-state index contributed by atoms with van der Waals surface area (Å²) in [6.45, 7) is 6.98. The molecule has 0 radical (unpaired) electrons. The van der Waals surface area contributed by atoms with E-state index < -0.39 is 0 Å². The molecule has 4 rings (SSSR count). The van der Waals surface area contributed by atoms with Crippen molar-refractivity contribution in [3.63, 3.8) is 0 Å². The second-order valence-corrected chi connectivity index (χ2v) is 7.86. The monoisotopic (exact) mass is 378 g/mol. The highest BCUT2D eigenvalue weighted by Gasteiger charge is 2.23.